The molecule has 0 bridgehead atoms. The maximum Gasteiger partial charge on any atom is 0.257 e. The van der Waals surface area contributed by atoms with E-state index in [0.717, 1.165) is 22.0 Å². The summed E-state index contributed by atoms with van der Waals surface area (Å²) in [6.45, 7) is 0.416. The Balaban J connectivity index is 1.41. The largest absolute Gasteiger partial charge is 0.322 e. The highest BCUT2D eigenvalue weighted by Crippen LogP contribution is 2.31. The zero-order chi connectivity index (χ0) is 22.3. The standard InChI is InChI=1S/C24H18ClN3O3S/c25-22-15-19(28-12-13-32(28,30)31)8-9-21(22)24(29)27-18-6-3-5-17(14-18)23-20-7-2-1-4-16(20)10-11-26-23/h1-11,14-15H,12-13H2,(H,27,29). The van der Waals surface area contributed by atoms with Crippen LogP contribution < -0.4 is 9.62 Å². The van der Waals surface area contributed by atoms with Gasteiger partial charge in [-0.25, -0.2) is 8.42 Å². The van der Waals surface area contributed by atoms with Gasteiger partial charge < -0.3 is 5.32 Å². The second-order valence-electron chi connectivity index (χ2n) is 7.47. The summed E-state index contributed by atoms with van der Waals surface area (Å²) >= 11 is 6.31. The Hall–Kier alpha value is -3.42. The Morgan fingerprint density at radius 3 is 2.59 bits per heavy atom. The van der Waals surface area contributed by atoms with Crippen molar-refractivity contribution in [1.82, 2.24) is 4.98 Å². The molecule has 0 aliphatic carbocycles. The van der Waals surface area contributed by atoms with Gasteiger partial charge in [0.1, 0.15) is 0 Å². The molecule has 1 aliphatic rings. The topological polar surface area (TPSA) is 79.4 Å². The zero-order valence-corrected chi connectivity index (χ0v) is 18.4. The Morgan fingerprint density at radius 1 is 1.00 bits per heavy atom. The number of halogens is 1. The number of carbonyl (C=O) groups excluding carboxylic acids is 1. The molecule has 1 aromatic heterocycles. The number of hydrogen-bond donors (Lipinski definition) is 1. The number of benzene rings is 3. The van der Waals surface area contributed by atoms with E-state index in [-0.39, 0.29) is 22.2 Å². The molecule has 32 heavy (non-hydrogen) atoms. The van der Waals surface area contributed by atoms with Crippen LogP contribution in [0.15, 0.2) is 79.0 Å². The van der Waals surface area contributed by atoms with E-state index in [1.54, 1.807) is 18.3 Å². The molecule has 1 N–H and O–H groups in total. The zero-order valence-electron chi connectivity index (χ0n) is 16.8. The molecule has 2 heterocycles. The number of carbonyl (C=O) groups is 1. The number of nitrogens with one attached hydrogen (secondary N) is 1. The van der Waals surface area contributed by atoms with Gasteiger partial charge in [0, 0.05) is 29.4 Å². The molecular formula is C24H18ClN3O3S. The summed E-state index contributed by atoms with van der Waals surface area (Å²) in [7, 11) is -3.25. The first-order chi connectivity index (χ1) is 15.4. The number of pyridine rings is 1. The Kier molecular flexibility index (Phi) is 5.07. The molecular weight excluding hydrogens is 446 g/mol. The van der Waals surface area contributed by atoms with Gasteiger partial charge in [0.2, 0.25) is 10.0 Å². The van der Waals surface area contributed by atoms with Crippen molar-refractivity contribution in [2.75, 3.05) is 21.9 Å². The Labute approximate surface area is 190 Å². The summed E-state index contributed by atoms with van der Waals surface area (Å²) in [4.78, 5) is 17.4. The second-order valence-corrected chi connectivity index (χ2v) is 9.89. The van der Waals surface area contributed by atoms with Crippen LogP contribution in [0.25, 0.3) is 22.0 Å². The SMILES string of the molecule is O=C(Nc1cccc(-c2nccc3ccccc23)c1)c1ccc(N2CCS2(=O)=O)cc1Cl. The average molecular weight is 464 g/mol. The van der Waals surface area contributed by atoms with Crippen molar-refractivity contribution < 1.29 is 13.2 Å². The summed E-state index contributed by atoms with van der Waals surface area (Å²) in [6, 6.07) is 22.0. The van der Waals surface area contributed by atoms with Gasteiger partial charge in [0.05, 0.1) is 27.7 Å². The van der Waals surface area contributed by atoms with Gasteiger partial charge in [0.15, 0.2) is 0 Å². The van der Waals surface area contributed by atoms with E-state index in [1.807, 2.05) is 48.5 Å². The molecule has 1 aliphatic heterocycles. The number of sulfonamides is 1. The van der Waals surface area contributed by atoms with Crippen LogP contribution in [0.5, 0.6) is 0 Å². The van der Waals surface area contributed by atoms with Crippen LogP contribution in [0.1, 0.15) is 10.4 Å². The van der Waals surface area contributed by atoms with Gasteiger partial charge in [-0.1, -0.05) is 48.0 Å². The highest BCUT2D eigenvalue weighted by atomic mass is 35.5. The van der Waals surface area contributed by atoms with Crippen molar-refractivity contribution in [2.45, 2.75) is 0 Å². The van der Waals surface area contributed by atoms with Crippen molar-refractivity contribution >= 4 is 49.7 Å². The monoisotopic (exact) mass is 463 g/mol. The molecule has 0 unspecified atom stereocenters. The first kappa shape index (κ1) is 20.5. The quantitative estimate of drug-likeness (QED) is 0.464. The third-order valence-electron chi connectivity index (χ3n) is 5.44. The molecule has 0 atom stereocenters. The Morgan fingerprint density at radius 2 is 1.84 bits per heavy atom. The minimum Gasteiger partial charge on any atom is -0.322 e. The van der Waals surface area contributed by atoms with E-state index in [4.69, 9.17) is 11.6 Å². The number of aromatic nitrogens is 1. The van der Waals surface area contributed by atoms with Crippen LogP contribution in [0.2, 0.25) is 5.02 Å². The van der Waals surface area contributed by atoms with E-state index in [0.29, 0.717) is 17.9 Å². The Bertz CT molecular complexity index is 1470. The van der Waals surface area contributed by atoms with Gasteiger partial charge in [-0.2, -0.15) is 0 Å². The molecule has 5 rings (SSSR count). The van der Waals surface area contributed by atoms with Crippen LogP contribution in [-0.4, -0.2) is 31.6 Å². The maximum absolute atomic E-state index is 12.8. The number of hydrogen-bond acceptors (Lipinski definition) is 4. The highest BCUT2D eigenvalue weighted by molar-refractivity contribution is 7.94. The van der Waals surface area contributed by atoms with Crippen molar-refractivity contribution in [2.24, 2.45) is 0 Å². The average Bonchev–Trinajstić information content (AvgIpc) is 2.78. The lowest BCUT2D eigenvalue weighted by molar-refractivity contribution is 0.102. The summed E-state index contributed by atoms with van der Waals surface area (Å²) in [5.41, 5.74) is 3.04. The van der Waals surface area contributed by atoms with Crippen molar-refractivity contribution in [3.05, 3.63) is 89.6 Å². The van der Waals surface area contributed by atoms with Crippen LogP contribution in [0.4, 0.5) is 11.4 Å². The molecule has 0 saturated carbocycles. The summed E-state index contributed by atoms with van der Waals surface area (Å²) < 4.78 is 24.9. The fourth-order valence-corrected chi connectivity index (χ4v) is 5.12. The first-order valence-corrected chi connectivity index (χ1v) is 12.0. The summed E-state index contributed by atoms with van der Waals surface area (Å²) in [6.07, 6.45) is 1.77. The molecule has 8 heteroatoms. The van der Waals surface area contributed by atoms with Crippen LogP contribution >= 0.6 is 11.6 Å². The maximum atomic E-state index is 12.8. The number of nitrogens with zero attached hydrogens (tertiary/aromatic N) is 2. The minimum atomic E-state index is -3.25. The van der Waals surface area contributed by atoms with Gasteiger partial charge in [-0.05, 0) is 41.8 Å². The normalized spacial score (nSPS) is 14.7. The van der Waals surface area contributed by atoms with Crippen molar-refractivity contribution in [1.29, 1.82) is 0 Å². The van der Waals surface area contributed by atoms with Gasteiger partial charge in [-0.15, -0.1) is 0 Å². The van der Waals surface area contributed by atoms with Crippen molar-refractivity contribution in [3.63, 3.8) is 0 Å². The molecule has 0 radical (unpaired) electrons. The summed E-state index contributed by atoms with van der Waals surface area (Å²) in [5, 5.41) is 5.17. The number of rotatable bonds is 4. The minimum absolute atomic E-state index is 0.120. The molecule has 1 saturated heterocycles. The third kappa shape index (κ3) is 3.70. The number of fused-ring (bicyclic) bond motifs is 1. The van der Waals surface area contributed by atoms with Crippen LogP contribution in [0.3, 0.4) is 0 Å². The first-order valence-electron chi connectivity index (χ1n) is 9.98. The third-order valence-corrected chi connectivity index (χ3v) is 7.52. The van der Waals surface area contributed by atoms with Crippen LogP contribution in [0, 0.1) is 0 Å². The van der Waals surface area contributed by atoms with E-state index in [2.05, 4.69) is 10.3 Å². The molecule has 1 fully saturated rings. The van der Waals surface area contributed by atoms with E-state index in [9.17, 15) is 13.2 Å². The van der Waals surface area contributed by atoms with E-state index >= 15 is 0 Å². The van der Waals surface area contributed by atoms with Gasteiger partial charge in [-0.3, -0.25) is 14.1 Å². The molecule has 3 aromatic carbocycles. The molecule has 6 nitrogen and oxygen atoms in total. The predicted octanol–water partition coefficient (Wildman–Crippen LogP) is 4.96. The molecule has 4 aromatic rings. The fourth-order valence-electron chi connectivity index (χ4n) is 3.76. The predicted molar refractivity (Wildman–Crippen MR) is 128 cm³/mol. The fraction of sp³-hybridized carbons (Fsp3) is 0.0833. The lowest BCUT2D eigenvalue weighted by Crippen LogP contribution is -2.47. The molecule has 0 spiro atoms. The second kappa shape index (κ2) is 7.93. The van der Waals surface area contributed by atoms with Crippen LogP contribution in [-0.2, 0) is 10.0 Å². The van der Waals surface area contributed by atoms with Crippen molar-refractivity contribution in [3.8, 4) is 11.3 Å². The lowest BCUT2D eigenvalue weighted by Gasteiger charge is -2.32. The number of amides is 1. The molecule has 1 amide bonds. The van der Waals surface area contributed by atoms with E-state index in [1.165, 1.54) is 16.4 Å². The van der Waals surface area contributed by atoms with E-state index < -0.39 is 10.0 Å². The summed E-state index contributed by atoms with van der Waals surface area (Å²) in [5.74, 6) is -0.259. The highest BCUT2D eigenvalue weighted by Gasteiger charge is 2.33. The molecule has 160 valence electrons. The van der Waals surface area contributed by atoms with Gasteiger partial charge in [0.25, 0.3) is 5.91 Å². The lowest BCUT2D eigenvalue weighted by atomic mass is 10.0. The number of anilines is 2. The van der Waals surface area contributed by atoms with Gasteiger partial charge >= 0.3 is 0 Å². The smallest absolute Gasteiger partial charge is 0.257 e.